The Bertz CT molecular complexity index is 1420. The van der Waals surface area contributed by atoms with Crippen molar-refractivity contribution in [1.82, 2.24) is 15.5 Å². The molecule has 0 aromatic heterocycles. The van der Waals surface area contributed by atoms with Crippen molar-refractivity contribution in [2.24, 2.45) is 5.41 Å². The van der Waals surface area contributed by atoms with Crippen LogP contribution in [0.25, 0.3) is 0 Å². The molecule has 0 radical (unpaired) electrons. The second-order valence-electron chi connectivity index (χ2n) is 13.8. The van der Waals surface area contributed by atoms with Crippen molar-refractivity contribution in [3.8, 4) is 5.75 Å². The van der Waals surface area contributed by atoms with Crippen LogP contribution < -0.4 is 15.4 Å². The summed E-state index contributed by atoms with van der Waals surface area (Å²) in [4.78, 5) is 55.3. The molecule has 2 aliphatic heterocycles. The van der Waals surface area contributed by atoms with Gasteiger partial charge in [-0.15, -0.1) is 0 Å². The minimum absolute atomic E-state index is 0.114. The predicted octanol–water partition coefficient (Wildman–Crippen LogP) is 5.65. The second kappa shape index (κ2) is 19.3. The number of para-hydroxylation sites is 1. The number of rotatable bonds is 7. The zero-order valence-corrected chi connectivity index (χ0v) is 29.2. The van der Waals surface area contributed by atoms with Crippen molar-refractivity contribution in [2.75, 3.05) is 26.4 Å². The molecule has 0 unspecified atom stereocenters. The molecule has 3 amide bonds. The molecule has 3 aliphatic rings. The smallest absolute Gasteiger partial charge is 0.329 e. The molecular weight excluding hydrogens is 634 g/mol. The van der Waals surface area contributed by atoms with E-state index < -0.39 is 24.0 Å². The fourth-order valence-corrected chi connectivity index (χ4v) is 7.02. The Labute approximate surface area is 296 Å². The summed E-state index contributed by atoms with van der Waals surface area (Å²) in [6, 6.07) is 16.9. The number of ether oxygens (including phenoxy) is 3. The topological polar surface area (TPSA) is 123 Å². The van der Waals surface area contributed by atoms with Crippen molar-refractivity contribution >= 4 is 23.7 Å². The van der Waals surface area contributed by atoms with E-state index in [0.29, 0.717) is 31.8 Å². The van der Waals surface area contributed by atoms with Crippen LogP contribution in [0.2, 0.25) is 0 Å². The van der Waals surface area contributed by atoms with Crippen molar-refractivity contribution in [1.29, 1.82) is 0 Å². The Balaban J connectivity index is 1.24. The van der Waals surface area contributed by atoms with Crippen molar-refractivity contribution in [3.63, 3.8) is 0 Å². The van der Waals surface area contributed by atoms with Crippen LogP contribution in [-0.4, -0.2) is 73.1 Å². The van der Waals surface area contributed by atoms with Crippen molar-refractivity contribution in [2.45, 2.75) is 108 Å². The van der Waals surface area contributed by atoms with Gasteiger partial charge in [0.15, 0.2) is 0 Å². The number of hydrogen-bond acceptors (Lipinski definition) is 7. The van der Waals surface area contributed by atoms with E-state index in [2.05, 4.69) is 22.8 Å². The number of esters is 1. The third kappa shape index (κ3) is 11.2. The van der Waals surface area contributed by atoms with Gasteiger partial charge in [-0.1, -0.05) is 86.4 Å². The summed E-state index contributed by atoms with van der Waals surface area (Å²) in [5, 5.41) is 5.63. The molecule has 2 fully saturated rings. The number of carbonyl (C=O) groups excluding carboxylic acids is 4. The van der Waals surface area contributed by atoms with Crippen LogP contribution in [-0.2, 0) is 35.3 Å². The summed E-state index contributed by atoms with van der Waals surface area (Å²) in [6.45, 7) is 1.11. The lowest BCUT2D eigenvalue weighted by atomic mass is 10.0. The summed E-state index contributed by atoms with van der Waals surface area (Å²) >= 11 is 0. The first-order valence-electron chi connectivity index (χ1n) is 18.4. The van der Waals surface area contributed by atoms with Crippen LogP contribution in [0.5, 0.6) is 5.75 Å². The Kier molecular flexibility index (Phi) is 14.3. The second-order valence-corrected chi connectivity index (χ2v) is 13.8. The highest BCUT2D eigenvalue weighted by molar-refractivity contribution is 5.92. The Morgan fingerprint density at radius 1 is 0.860 bits per heavy atom. The van der Waals surface area contributed by atoms with Crippen molar-refractivity contribution in [3.05, 3.63) is 78.4 Å². The van der Waals surface area contributed by atoms with E-state index in [4.69, 9.17) is 14.2 Å². The maximum absolute atomic E-state index is 13.8. The molecule has 5 rings (SSSR count). The molecule has 1 saturated carbocycles. The molecule has 2 aromatic carbocycles. The van der Waals surface area contributed by atoms with Crippen LogP contribution in [0.3, 0.4) is 0 Å². The van der Waals surface area contributed by atoms with Gasteiger partial charge in [0.2, 0.25) is 17.7 Å². The molecular formula is C40H53N3O7. The molecule has 2 N–H and O–H groups in total. The first kappa shape index (κ1) is 37.1. The molecule has 10 heteroatoms. The Morgan fingerprint density at radius 3 is 2.34 bits per heavy atom. The standard InChI is InChI=1S/C40H53N3O7/c44-36-22-16-8-6-4-2-1-3-5-7-9-17-24-48-30-40-26-34(39(47)50-29-31-18-12-10-13-19-31)43(35(40)27-40)37(45)28-41-38(46)33(42-36)23-25-49-32-20-14-11-15-21-32/h5,7,10-15,18-21,33-35H,1-4,6,8-9,16-17,22-30H2,(H,41,46)(H,42,44)/b7-5-/t33-,34-,35-,40+/m0/s1. The average molecular weight is 688 g/mol. The molecule has 2 aromatic rings. The maximum atomic E-state index is 13.8. The first-order valence-corrected chi connectivity index (χ1v) is 18.4. The van der Waals surface area contributed by atoms with E-state index in [9.17, 15) is 19.2 Å². The molecule has 4 atom stereocenters. The summed E-state index contributed by atoms with van der Waals surface area (Å²) < 4.78 is 17.6. The Hall–Kier alpha value is -4.18. The lowest BCUT2D eigenvalue weighted by Crippen LogP contribution is -2.52. The third-order valence-corrected chi connectivity index (χ3v) is 9.93. The van der Waals surface area contributed by atoms with E-state index in [1.165, 1.54) is 6.42 Å². The number of hydrogen-bond donors (Lipinski definition) is 2. The van der Waals surface area contributed by atoms with Gasteiger partial charge in [-0.25, -0.2) is 4.79 Å². The fourth-order valence-electron chi connectivity index (χ4n) is 7.02. The largest absolute Gasteiger partial charge is 0.494 e. The van der Waals surface area contributed by atoms with Gasteiger partial charge < -0.3 is 29.7 Å². The third-order valence-electron chi connectivity index (χ3n) is 9.93. The Morgan fingerprint density at radius 2 is 1.56 bits per heavy atom. The molecule has 10 nitrogen and oxygen atoms in total. The zero-order chi connectivity index (χ0) is 35.0. The van der Waals surface area contributed by atoms with E-state index in [1.54, 1.807) is 4.90 Å². The summed E-state index contributed by atoms with van der Waals surface area (Å²) in [5.74, 6) is -0.806. The van der Waals surface area contributed by atoms with Crippen LogP contribution in [0.1, 0.15) is 89.0 Å². The fraction of sp³-hybridized carbons (Fsp3) is 0.550. The molecule has 2 heterocycles. The van der Waals surface area contributed by atoms with Crippen LogP contribution >= 0.6 is 0 Å². The number of nitrogens with one attached hydrogen (secondary N) is 2. The molecule has 50 heavy (non-hydrogen) atoms. The predicted molar refractivity (Wildman–Crippen MR) is 190 cm³/mol. The van der Waals surface area contributed by atoms with Crippen molar-refractivity contribution < 1.29 is 33.4 Å². The lowest BCUT2D eigenvalue weighted by molar-refractivity contribution is -0.155. The van der Waals surface area contributed by atoms with Gasteiger partial charge in [-0.05, 0) is 62.6 Å². The van der Waals surface area contributed by atoms with Crippen LogP contribution in [0.15, 0.2) is 72.8 Å². The lowest BCUT2D eigenvalue weighted by Gasteiger charge is -2.27. The molecule has 270 valence electrons. The number of piperidine rings is 1. The SMILES string of the molecule is O=C1CCCCCCCC/C=C\CCCOC[C@@]23C[C@@H]2N(C(=O)CNC(=O)[C@H](CCOc2ccccc2)N1)[C@H](C(=O)OCc1ccccc1)C3. The quantitative estimate of drug-likeness (QED) is 0.285. The summed E-state index contributed by atoms with van der Waals surface area (Å²) in [7, 11) is 0. The first-order chi connectivity index (χ1) is 24.4. The van der Waals surface area contributed by atoms with Gasteiger partial charge in [0.25, 0.3) is 0 Å². The highest BCUT2D eigenvalue weighted by Crippen LogP contribution is 2.59. The van der Waals surface area contributed by atoms with Gasteiger partial charge in [-0.2, -0.15) is 0 Å². The van der Waals surface area contributed by atoms with Gasteiger partial charge >= 0.3 is 5.97 Å². The van der Waals surface area contributed by atoms with Gasteiger partial charge in [-0.3, -0.25) is 14.4 Å². The molecule has 2 bridgehead atoms. The molecule has 0 spiro atoms. The monoisotopic (exact) mass is 687 g/mol. The number of allylic oxidation sites excluding steroid dienone is 2. The van der Waals surface area contributed by atoms with Crippen LogP contribution in [0.4, 0.5) is 0 Å². The minimum Gasteiger partial charge on any atom is -0.494 e. The normalized spacial score (nSPS) is 26.7. The number of benzene rings is 2. The van der Waals surface area contributed by atoms with E-state index in [0.717, 1.165) is 63.4 Å². The highest BCUT2D eigenvalue weighted by Gasteiger charge is 2.67. The molecule has 1 saturated heterocycles. The highest BCUT2D eigenvalue weighted by atomic mass is 16.5. The van der Waals surface area contributed by atoms with E-state index >= 15 is 0 Å². The zero-order valence-electron chi connectivity index (χ0n) is 29.2. The average Bonchev–Trinajstić information content (AvgIpc) is 3.73. The van der Waals surface area contributed by atoms with Gasteiger partial charge in [0.05, 0.1) is 19.8 Å². The maximum Gasteiger partial charge on any atom is 0.329 e. The van der Waals surface area contributed by atoms with E-state index in [1.807, 2.05) is 60.7 Å². The minimum atomic E-state index is -0.875. The van der Waals surface area contributed by atoms with Gasteiger partial charge in [0, 0.05) is 30.9 Å². The van der Waals surface area contributed by atoms with Crippen LogP contribution in [0, 0.1) is 5.41 Å². The summed E-state index contributed by atoms with van der Waals surface area (Å²) in [6.07, 6.45) is 15.4. The van der Waals surface area contributed by atoms with E-state index in [-0.39, 0.29) is 49.5 Å². The van der Waals surface area contributed by atoms with Gasteiger partial charge in [0.1, 0.15) is 24.4 Å². The number of carbonyl (C=O) groups is 4. The molecule has 1 aliphatic carbocycles. The number of amides is 3. The number of nitrogens with zero attached hydrogens (tertiary/aromatic N) is 1. The summed E-state index contributed by atoms with van der Waals surface area (Å²) in [5.41, 5.74) is 0.562.